The third-order valence-corrected chi connectivity index (χ3v) is 5.39. The van der Waals surface area contributed by atoms with E-state index < -0.39 is 7.59 Å². The van der Waals surface area contributed by atoms with Crippen LogP contribution in [-0.4, -0.2) is 4.98 Å². The molecule has 0 aliphatic rings. The van der Waals surface area contributed by atoms with Gasteiger partial charge in [-0.1, -0.05) is 66.7 Å². The van der Waals surface area contributed by atoms with Gasteiger partial charge in [-0.3, -0.25) is 9.65 Å². The van der Waals surface area contributed by atoms with Gasteiger partial charge in [-0.05, 0) is 23.3 Å². The Balaban J connectivity index is 1.71. The van der Waals surface area contributed by atoms with Crippen LogP contribution in [-0.2, 0) is 17.7 Å². The van der Waals surface area contributed by atoms with Crippen molar-refractivity contribution in [3.8, 4) is 0 Å². The summed E-state index contributed by atoms with van der Waals surface area (Å²) in [4.78, 5) is 4.21. The van der Waals surface area contributed by atoms with Crippen molar-refractivity contribution < 1.29 is 4.57 Å². The summed E-state index contributed by atoms with van der Waals surface area (Å²) in [6, 6.07) is 25.2. The van der Waals surface area contributed by atoms with Crippen molar-refractivity contribution in [2.45, 2.75) is 13.1 Å². The maximum Gasteiger partial charge on any atom is 0.305 e. The van der Waals surface area contributed by atoms with Crippen molar-refractivity contribution >= 4 is 13.4 Å². The van der Waals surface area contributed by atoms with Crippen LogP contribution in [0.1, 0.15) is 11.1 Å². The van der Waals surface area contributed by atoms with Gasteiger partial charge in [-0.15, -0.1) is 0 Å². The van der Waals surface area contributed by atoms with Crippen LogP contribution in [0.2, 0.25) is 0 Å². The zero-order chi connectivity index (χ0) is 17.4. The molecule has 2 aromatic carbocycles. The summed E-state index contributed by atoms with van der Waals surface area (Å²) in [5.41, 5.74) is 2.12. The lowest BCUT2D eigenvalue weighted by atomic mass is 10.2. The first-order valence-corrected chi connectivity index (χ1v) is 9.82. The minimum absolute atomic E-state index is 0.486. The molecular weight excluding hydrogens is 331 g/mol. The van der Waals surface area contributed by atoms with Crippen molar-refractivity contribution in [2.75, 3.05) is 5.09 Å². The van der Waals surface area contributed by atoms with Crippen LogP contribution in [0.4, 0.5) is 5.82 Å². The Hall–Kier alpha value is -2.46. The van der Waals surface area contributed by atoms with E-state index in [0.717, 1.165) is 11.1 Å². The van der Waals surface area contributed by atoms with Gasteiger partial charge in [0.2, 0.25) is 0 Å². The van der Waals surface area contributed by atoms with E-state index >= 15 is 0 Å². The summed E-state index contributed by atoms with van der Waals surface area (Å²) in [5.74, 6) is 0.562. The molecular formula is C19H21N4OP. The van der Waals surface area contributed by atoms with Gasteiger partial charge in [0.25, 0.3) is 0 Å². The van der Waals surface area contributed by atoms with Gasteiger partial charge in [-0.25, -0.2) is 15.2 Å². The summed E-state index contributed by atoms with van der Waals surface area (Å²) in [6.07, 6.45) is 1.67. The van der Waals surface area contributed by atoms with E-state index in [-0.39, 0.29) is 0 Å². The van der Waals surface area contributed by atoms with E-state index in [1.165, 1.54) is 0 Å². The van der Waals surface area contributed by atoms with E-state index in [0.29, 0.717) is 18.9 Å². The molecule has 25 heavy (non-hydrogen) atoms. The van der Waals surface area contributed by atoms with Crippen molar-refractivity contribution in [3.05, 3.63) is 96.2 Å². The van der Waals surface area contributed by atoms with E-state index in [1.54, 1.807) is 12.3 Å². The third-order valence-electron chi connectivity index (χ3n) is 3.63. The summed E-state index contributed by atoms with van der Waals surface area (Å²) in [6.45, 7) is 0.972. The zero-order valence-electron chi connectivity index (χ0n) is 13.8. The minimum atomic E-state index is -3.08. The normalized spacial score (nSPS) is 11.2. The molecule has 0 fully saturated rings. The van der Waals surface area contributed by atoms with E-state index in [9.17, 15) is 4.57 Å². The lowest BCUT2D eigenvalue weighted by molar-refractivity contribution is 0.556. The van der Waals surface area contributed by atoms with E-state index in [1.807, 2.05) is 72.8 Å². The summed E-state index contributed by atoms with van der Waals surface area (Å²) in [7, 11) is -3.08. The largest absolute Gasteiger partial charge is 0.305 e. The van der Waals surface area contributed by atoms with Gasteiger partial charge >= 0.3 is 7.59 Å². The molecule has 0 atom stereocenters. The lowest BCUT2D eigenvalue weighted by Crippen LogP contribution is -2.27. The topological polar surface area (TPSA) is 66.1 Å². The minimum Gasteiger partial charge on any atom is -0.297 e. The Labute approximate surface area is 148 Å². The van der Waals surface area contributed by atoms with Crippen molar-refractivity contribution in [3.63, 3.8) is 0 Å². The molecule has 3 rings (SSSR count). The first-order chi connectivity index (χ1) is 12.2. The molecule has 3 N–H and O–H groups in total. The second-order valence-electron chi connectivity index (χ2n) is 5.58. The van der Waals surface area contributed by atoms with Crippen molar-refractivity contribution in [1.29, 1.82) is 0 Å². The predicted octanol–water partition coefficient (Wildman–Crippen LogP) is 4.18. The quantitative estimate of drug-likeness (QED) is 0.531. The molecule has 128 valence electrons. The average molecular weight is 352 g/mol. The molecule has 0 radical (unpaired) electrons. The van der Waals surface area contributed by atoms with Crippen LogP contribution < -0.4 is 15.3 Å². The molecule has 0 amide bonds. The fourth-order valence-corrected chi connectivity index (χ4v) is 3.86. The first kappa shape index (κ1) is 17.4. The zero-order valence-corrected chi connectivity index (χ0v) is 14.7. The third kappa shape index (κ3) is 5.54. The van der Waals surface area contributed by atoms with Gasteiger partial charge in [0.15, 0.2) is 0 Å². The summed E-state index contributed by atoms with van der Waals surface area (Å²) in [5, 5.41) is 9.27. The molecule has 0 spiro atoms. The molecule has 5 nitrogen and oxygen atoms in total. The van der Waals surface area contributed by atoms with Crippen molar-refractivity contribution in [2.24, 2.45) is 0 Å². The van der Waals surface area contributed by atoms with E-state index in [4.69, 9.17) is 0 Å². The number of aromatic nitrogens is 1. The number of anilines is 1. The molecule has 0 saturated carbocycles. The molecule has 0 unspecified atom stereocenters. The van der Waals surface area contributed by atoms with Gasteiger partial charge < -0.3 is 0 Å². The molecule has 0 aliphatic heterocycles. The highest BCUT2D eigenvalue weighted by Gasteiger charge is 2.21. The predicted molar refractivity (Wildman–Crippen MR) is 102 cm³/mol. The summed E-state index contributed by atoms with van der Waals surface area (Å²) < 4.78 is 13.4. The number of pyridine rings is 1. The molecule has 0 bridgehead atoms. The fraction of sp³-hybridized carbons (Fsp3) is 0.105. The highest BCUT2D eigenvalue weighted by atomic mass is 31.2. The number of nitrogens with one attached hydrogen (secondary N) is 3. The van der Waals surface area contributed by atoms with Crippen LogP contribution in [0.5, 0.6) is 0 Å². The lowest BCUT2D eigenvalue weighted by Gasteiger charge is -2.22. The van der Waals surface area contributed by atoms with E-state index in [2.05, 4.69) is 20.2 Å². The van der Waals surface area contributed by atoms with Crippen LogP contribution >= 0.6 is 7.59 Å². The Morgan fingerprint density at radius 2 is 1.24 bits per heavy atom. The highest BCUT2D eigenvalue weighted by molar-refractivity contribution is 7.61. The second-order valence-corrected chi connectivity index (χ2v) is 7.65. The highest BCUT2D eigenvalue weighted by Crippen LogP contribution is 2.36. The molecule has 1 aromatic heterocycles. The van der Waals surface area contributed by atoms with Crippen LogP contribution in [0.15, 0.2) is 85.1 Å². The summed E-state index contributed by atoms with van der Waals surface area (Å²) >= 11 is 0. The Bertz CT molecular complexity index is 765. The molecule has 6 heteroatoms. The van der Waals surface area contributed by atoms with Crippen LogP contribution in [0.3, 0.4) is 0 Å². The Morgan fingerprint density at radius 1 is 0.720 bits per heavy atom. The molecule has 0 aliphatic carbocycles. The van der Waals surface area contributed by atoms with Gasteiger partial charge in [-0.2, -0.15) is 0 Å². The number of hydrogen-bond donors (Lipinski definition) is 3. The second kappa shape index (κ2) is 8.58. The number of hydrogen-bond acceptors (Lipinski definition) is 2. The Morgan fingerprint density at radius 3 is 1.72 bits per heavy atom. The molecule has 3 aromatic rings. The maximum absolute atomic E-state index is 13.4. The van der Waals surface area contributed by atoms with Crippen LogP contribution in [0, 0.1) is 0 Å². The molecule has 1 heterocycles. The van der Waals surface area contributed by atoms with Gasteiger partial charge in [0.05, 0.1) is 0 Å². The number of nitrogens with zero attached hydrogens (tertiary/aromatic N) is 1. The number of benzene rings is 2. The smallest absolute Gasteiger partial charge is 0.297 e. The fourth-order valence-electron chi connectivity index (χ4n) is 2.32. The van der Waals surface area contributed by atoms with Gasteiger partial charge in [0.1, 0.15) is 5.82 Å². The maximum atomic E-state index is 13.4. The standard InChI is InChI=1S/C19H21N4OP/c24-25(23-19-13-7-8-14-20-19,21-15-17-9-3-1-4-10-17)22-16-18-11-5-2-6-12-18/h1-14H,15-16H2,(H3,20,21,22,23,24). The average Bonchev–Trinajstić information content (AvgIpc) is 2.68. The molecule has 0 saturated heterocycles. The van der Waals surface area contributed by atoms with Crippen molar-refractivity contribution in [1.82, 2.24) is 15.2 Å². The van der Waals surface area contributed by atoms with Gasteiger partial charge in [0, 0.05) is 19.3 Å². The SMILES string of the molecule is O=P(NCc1ccccc1)(NCc1ccccc1)Nc1ccccn1. The first-order valence-electron chi connectivity index (χ1n) is 8.11. The Kier molecular flexibility index (Phi) is 5.96. The monoisotopic (exact) mass is 352 g/mol. The van der Waals surface area contributed by atoms with Crippen LogP contribution in [0.25, 0.3) is 0 Å². The number of rotatable bonds is 8.